The maximum Gasteiger partial charge on any atom is 0.410 e. The maximum absolute atomic E-state index is 12.5. The van der Waals surface area contributed by atoms with Crippen molar-refractivity contribution in [3.8, 4) is 0 Å². The van der Waals surface area contributed by atoms with E-state index in [1.54, 1.807) is 11.0 Å². The van der Waals surface area contributed by atoms with Gasteiger partial charge in [0, 0.05) is 28.7 Å². The predicted molar refractivity (Wildman–Crippen MR) is 110 cm³/mol. The lowest BCUT2D eigenvalue weighted by molar-refractivity contribution is 0.0130. The Hall–Kier alpha value is -1.51. The molecule has 0 saturated carbocycles. The van der Waals surface area contributed by atoms with E-state index < -0.39 is 5.60 Å². The summed E-state index contributed by atoms with van der Waals surface area (Å²) in [5.41, 5.74) is 1.09. The van der Waals surface area contributed by atoms with Crippen molar-refractivity contribution in [3.05, 3.63) is 27.3 Å². The van der Waals surface area contributed by atoms with Gasteiger partial charge in [0.1, 0.15) is 5.60 Å². The molecule has 0 spiro atoms. The minimum Gasteiger partial charge on any atom is -0.465 e. The number of rotatable bonds is 2. The summed E-state index contributed by atoms with van der Waals surface area (Å²) < 4.78 is 11.3. The first-order valence-electron chi connectivity index (χ1n) is 8.67. The van der Waals surface area contributed by atoms with Gasteiger partial charge in [0.25, 0.3) is 0 Å². The molecule has 0 bridgehead atoms. The molecular weight excluding hydrogens is 447 g/mol. The largest absolute Gasteiger partial charge is 0.465 e. The molecule has 1 aromatic rings. The lowest BCUT2D eigenvalue weighted by Gasteiger charge is -2.45. The van der Waals surface area contributed by atoms with Crippen molar-refractivity contribution < 1.29 is 19.1 Å². The van der Waals surface area contributed by atoms with Crippen LogP contribution in [0.15, 0.2) is 18.2 Å². The van der Waals surface area contributed by atoms with Crippen molar-refractivity contribution in [3.63, 3.8) is 0 Å². The third-order valence-electron chi connectivity index (χ3n) is 4.29. The quantitative estimate of drug-likeness (QED) is 0.481. The van der Waals surface area contributed by atoms with Crippen LogP contribution in [-0.4, -0.2) is 54.8 Å². The predicted octanol–water partition coefficient (Wildman–Crippen LogP) is 3.91. The van der Waals surface area contributed by atoms with E-state index in [9.17, 15) is 9.59 Å². The van der Waals surface area contributed by atoms with E-state index in [2.05, 4.69) is 34.4 Å². The van der Waals surface area contributed by atoms with Gasteiger partial charge in [0.15, 0.2) is 0 Å². The van der Waals surface area contributed by atoms with Crippen molar-refractivity contribution in [2.24, 2.45) is 0 Å². The maximum atomic E-state index is 12.5. The number of anilines is 1. The van der Waals surface area contributed by atoms with E-state index in [-0.39, 0.29) is 24.1 Å². The summed E-state index contributed by atoms with van der Waals surface area (Å²) in [6.45, 7) is 11.0. The second-order valence-corrected chi connectivity index (χ2v) is 8.80. The molecule has 0 radical (unpaired) electrons. The summed E-state index contributed by atoms with van der Waals surface area (Å²) in [5, 5.41) is 0. The first kappa shape index (κ1) is 20.8. The summed E-state index contributed by atoms with van der Waals surface area (Å²) >= 11 is 2.24. The van der Waals surface area contributed by atoms with Crippen molar-refractivity contribution in [2.75, 3.05) is 25.1 Å². The Labute approximate surface area is 169 Å². The normalized spacial score (nSPS) is 20.7. The van der Waals surface area contributed by atoms with Gasteiger partial charge in [-0.05, 0) is 75.4 Å². The van der Waals surface area contributed by atoms with Crippen LogP contribution < -0.4 is 4.90 Å². The Morgan fingerprint density at radius 2 is 1.81 bits per heavy atom. The molecule has 1 saturated heterocycles. The van der Waals surface area contributed by atoms with Gasteiger partial charge in [-0.3, -0.25) is 0 Å². The van der Waals surface area contributed by atoms with E-state index >= 15 is 0 Å². The first-order valence-corrected chi connectivity index (χ1v) is 9.75. The van der Waals surface area contributed by atoms with E-state index in [1.165, 1.54) is 7.11 Å². The molecule has 1 aliphatic heterocycles. The van der Waals surface area contributed by atoms with Crippen LogP contribution in [0.25, 0.3) is 0 Å². The number of carbonyl (C=O) groups excluding carboxylic acids is 2. The minimum atomic E-state index is -0.504. The van der Waals surface area contributed by atoms with E-state index in [0.717, 1.165) is 9.26 Å². The van der Waals surface area contributed by atoms with E-state index in [1.807, 2.05) is 39.8 Å². The number of esters is 1. The second kappa shape index (κ2) is 8.02. The molecule has 6 nitrogen and oxygen atoms in total. The van der Waals surface area contributed by atoms with Crippen LogP contribution >= 0.6 is 22.6 Å². The van der Waals surface area contributed by atoms with Crippen LogP contribution in [0, 0.1) is 3.57 Å². The zero-order valence-electron chi connectivity index (χ0n) is 16.2. The zero-order valence-corrected chi connectivity index (χ0v) is 18.4. The third-order valence-corrected chi connectivity index (χ3v) is 5.16. The Morgan fingerprint density at radius 1 is 1.15 bits per heavy atom. The smallest absolute Gasteiger partial charge is 0.410 e. The molecule has 26 heavy (non-hydrogen) atoms. The molecule has 144 valence electrons. The number of benzene rings is 1. The van der Waals surface area contributed by atoms with Crippen LogP contribution in [0.3, 0.4) is 0 Å². The molecule has 0 N–H and O–H groups in total. The topological polar surface area (TPSA) is 59.1 Å². The molecule has 1 aromatic carbocycles. The van der Waals surface area contributed by atoms with Crippen LogP contribution in [0.4, 0.5) is 10.5 Å². The molecule has 2 atom stereocenters. The van der Waals surface area contributed by atoms with Gasteiger partial charge in [0.05, 0.1) is 18.4 Å². The SMILES string of the molecule is COC(=O)c1ccc(N2C[C@@H](C)N(C(=O)OC(C)(C)C)C[C@@H]2C)c(I)c1. The Balaban J connectivity index is 2.17. The van der Waals surface area contributed by atoms with Gasteiger partial charge in [-0.2, -0.15) is 0 Å². The Morgan fingerprint density at radius 3 is 2.35 bits per heavy atom. The van der Waals surface area contributed by atoms with Crippen molar-refractivity contribution in [2.45, 2.75) is 52.3 Å². The highest BCUT2D eigenvalue weighted by molar-refractivity contribution is 14.1. The van der Waals surface area contributed by atoms with Gasteiger partial charge < -0.3 is 19.3 Å². The average Bonchev–Trinajstić information content (AvgIpc) is 2.54. The average molecular weight is 474 g/mol. The lowest BCUT2D eigenvalue weighted by atomic mass is 10.1. The molecule has 1 fully saturated rings. The summed E-state index contributed by atoms with van der Waals surface area (Å²) in [6, 6.07) is 5.72. The lowest BCUT2D eigenvalue weighted by Crippen LogP contribution is -2.59. The Kier molecular flexibility index (Phi) is 6.42. The summed E-state index contributed by atoms with van der Waals surface area (Å²) in [6.07, 6.45) is -0.271. The fourth-order valence-electron chi connectivity index (χ4n) is 3.02. The van der Waals surface area contributed by atoms with Gasteiger partial charge in [-0.1, -0.05) is 0 Å². The van der Waals surface area contributed by atoms with Crippen LogP contribution in [0.5, 0.6) is 0 Å². The number of nitrogens with zero attached hydrogens (tertiary/aromatic N) is 2. The molecule has 0 unspecified atom stereocenters. The van der Waals surface area contributed by atoms with Gasteiger partial charge in [-0.15, -0.1) is 0 Å². The number of piperazine rings is 1. The number of ether oxygens (including phenoxy) is 2. The van der Waals surface area contributed by atoms with Gasteiger partial charge in [-0.25, -0.2) is 9.59 Å². The molecule has 1 heterocycles. The molecular formula is C19H27IN2O4. The van der Waals surface area contributed by atoms with Gasteiger partial charge >= 0.3 is 12.1 Å². The number of hydrogen-bond acceptors (Lipinski definition) is 5. The number of halogens is 1. The fourth-order valence-corrected chi connectivity index (χ4v) is 3.85. The van der Waals surface area contributed by atoms with Crippen LogP contribution in [-0.2, 0) is 9.47 Å². The standard InChI is InChI=1S/C19H27IN2O4/c1-12-11-22(18(24)26-19(3,4)5)13(2)10-21(12)16-8-7-14(9-15(16)20)17(23)25-6/h7-9,12-13H,10-11H2,1-6H3/t12-,13+/m0/s1. The summed E-state index contributed by atoms with van der Waals surface area (Å²) in [5.74, 6) is -0.342. The zero-order chi connectivity index (χ0) is 19.6. The molecule has 0 aliphatic carbocycles. The summed E-state index contributed by atoms with van der Waals surface area (Å²) in [4.78, 5) is 28.2. The van der Waals surface area contributed by atoms with Crippen LogP contribution in [0.1, 0.15) is 45.0 Å². The highest BCUT2D eigenvalue weighted by Gasteiger charge is 2.35. The molecule has 7 heteroatoms. The molecule has 2 rings (SSSR count). The van der Waals surface area contributed by atoms with Crippen molar-refractivity contribution in [1.29, 1.82) is 0 Å². The molecule has 1 aliphatic rings. The first-order chi connectivity index (χ1) is 12.0. The van der Waals surface area contributed by atoms with Crippen molar-refractivity contribution in [1.82, 2.24) is 4.90 Å². The molecule has 0 aromatic heterocycles. The van der Waals surface area contributed by atoms with E-state index in [0.29, 0.717) is 18.7 Å². The highest BCUT2D eigenvalue weighted by Crippen LogP contribution is 2.29. The Bertz CT molecular complexity index is 687. The number of hydrogen-bond donors (Lipinski definition) is 0. The van der Waals surface area contributed by atoms with E-state index in [4.69, 9.17) is 9.47 Å². The van der Waals surface area contributed by atoms with Gasteiger partial charge in [0.2, 0.25) is 0 Å². The van der Waals surface area contributed by atoms with Crippen molar-refractivity contribution >= 4 is 40.3 Å². The van der Waals surface area contributed by atoms with Crippen LogP contribution in [0.2, 0.25) is 0 Å². The highest BCUT2D eigenvalue weighted by atomic mass is 127. The number of carbonyl (C=O) groups is 2. The summed E-state index contributed by atoms with van der Waals surface area (Å²) in [7, 11) is 1.38. The second-order valence-electron chi connectivity index (χ2n) is 7.64. The molecule has 1 amide bonds. The monoisotopic (exact) mass is 474 g/mol. The fraction of sp³-hybridized carbons (Fsp3) is 0.579. The number of amides is 1. The number of methoxy groups -OCH3 is 1. The minimum absolute atomic E-state index is 0.0251. The third kappa shape index (κ3) is 4.81.